The lowest BCUT2D eigenvalue weighted by molar-refractivity contribution is -0.204. The molecule has 7 nitrogen and oxygen atoms in total. The summed E-state index contributed by atoms with van der Waals surface area (Å²) < 4.78 is 70.0. The SMILES string of the molecule is CCC1(OC(=O)C23CC4CC(CC(C(=O)OCC(F)(F)S(=O)(=O)[O-])(C4)C2)C3)CCCC1. The van der Waals surface area contributed by atoms with Crippen LogP contribution >= 0.6 is 0 Å². The summed E-state index contributed by atoms with van der Waals surface area (Å²) in [7, 11) is -5.94. The molecule has 5 fully saturated rings. The van der Waals surface area contributed by atoms with Crippen LogP contribution < -0.4 is 0 Å². The van der Waals surface area contributed by atoms with Gasteiger partial charge in [-0.3, -0.25) is 9.59 Å². The molecule has 0 aromatic heterocycles. The minimum absolute atomic E-state index is 0.0891. The summed E-state index contributed by atoms with van der Waals surface area (Å²) in [5, 5.41) is -4.68. The second kappa shape index (κ2) is 7.37. The third kappa shape index (κ3) is 3.87. The van der Waals surface area contributed by atoms with Gasteiger partial charge in [0.05, 0.1) is 10.8 Å². The maximum Gasteiger partial charge on any atom is 0.367 e. The third-order valence-corrected chi connectivity index (χ3v) is 8.98. The minimum atomic E-state index is -5.94. The summed E-state index contributed by atoms with van der Waals surface area (Å²) in [6.45, 7) is 0.201. The Morgan fingerprint density at radius 2 is 1.55 bits per heavy atom. The molecule has 5 saturated carbocycles. The van der Waals surface area contributed by atoms with Gasteiger partial charge < -0.3 is 14.0 Å². The fourth-order valence-corrected chi connectivity index (χ4v) is 7.17. The van der Waals surface area contributed by atoms with Gasteiger partial charge in [0.25, 0.3) is 0 Å². The van der Waals surface area contributed by atoms with Gasteiger partial charge in [0.2, 0.25) is 0 Å². The molecule has 5 rings (SSSR count). The first-order chi connectivity index (χ1) is 14.3. The van der Waals surface area contributed by atoms with Gasteiger partial charge in [0.1, 0.15) is 5.60 Å². The smallest absolute Gasteiger partial charge is 0.367 e. The first-order valence-corrected chi connectivity index (χ1v) is 12.5. The van der Waals surface area contributed by atoms with Gasteiger partial charge >= 0.3 is 17.2 Å². The number of rotatable bonds is 7. The average molecular weight is 464 g/mol. The topological polar surface area (TPSA) is 110 Å². The highest BCUT2D eigenvalue weighted by Crippen LogP contribution is 2.66. The van der Waals surface area contributed by atoms with E-state index < -0.39 is 44.4 Å². The number of hydrogen-bond donors (Lipinski definition) is 0. The van der Waals surface area contributed by atoms with Crippen molar-refractivity contribution in [3.63, 3.8) is 0 Å². The second-order valence-electron chi connectivity index (χ2n) is 10.3. The molecule has 0 aromatic carbocycles. The van der Waals surface area contributed by atoms with Crippen molar-refractivity contribution in [2.24, 2.45) is 22.7 Å². The van der Waals surface area contributed by atoms with Gasteiger partial charge in [-0.1, -0.05) is 6.92 Å². The van der Waals surface area contributed by atoms with E-state index in [2.05, 4.69) is 0 Å². The molecule has 0 aliphatic heterocycles. The van der Waals surface area contributed by atoms with Crippen molar-refractivity contribution in [2.75, 3.05) is 6.61 Å². The number of alkyl halides is 2. The Hall–Kier alpha value is -1.29. The van der Waals surface area contributed by atoms with Gasteiger partial charge in [-0.25, -0.2) is 8.42 Å². The standard InChI is InChI=1S/C21H30F2O7S/c1-2-20(5-3-4-6-20)30-17(25)19-10-14-7-15(11-19)9-18(8-14,12-19)16(24)29-13-21(22,23)31(26,27)28/h14-15H,2-13H2,1H3,(H,26,27,28)/p-1. The lowest BCUT2D eigenvalue weighted by Crippen LogP contribution is -2.59. The van der Waals surface area contributed by atoms with E-state index in [1.165, 1.54) is 0 Å². The predicted molar refractivity (Wildman–Crippen MR) is 103 cm³/mol. The fourth-order valence-electron chi connectivity index (χ4n) is 6.97. The number of ether oxygens (including phenoxy) is 2. The van der Waals surface area contributed by atoms with E-state index in [4.69, 9.17) is 9.47 Å². The van der Waals surface area contributed by atoms with Crippen molar-refractivity contribution >= 4 is 22.1 Å². The lowest BCUT2D eigenvalue weighted by Gasteiger charge is -2.59. The Morgan fingerprint density at radius 1 is 1.03 bits per heavy atom. The number of esters is 2. The van der Waals surface area contributed by atoms with Gasteiger partial charge in [-0.15, -0.1) is 0 Å². The first kappa shape index (κ1) is 22.9. The fraction of sp³-hybridized carbons (Fsp3) is 0.905. The number of carbonyl (C=O) groups is 2. The molecule has 5 aliphatic rings. The van der Waals surface area contributed by atoms with Crippen molar-refractivity contribution in [3.8, 4) is 0 Å². The van der Waals surface area contributed by atoms with Crippen LogP contribution in [-0.4, -0.2) is 42.4 Å². The van der Waals surface area contributed by atoms with Crippen LogP contribution in [0.2, 0.25) is 0 Å². The van der Waals surface area contributed by atoms with E-state index in [0.717, 1.165) is 38.5 Å². The molecule has 0 spiro atoms. The first-order valence-electron chi connectivity index (χ1n) is 11.1. The van der Waals surface area contributed by atoms with Crippen molar-refractivity contribution in [1.82, 2.24) is 0 Å². The molecule has 0 heterocycles. The Balaban J connectivity index is 1.53. The maximum absolute atomic E-state index is 13.5. The van der Waals surface area contributed by atoms with E-state index in [9.17, 15) is 31.3 Å². The maximum atomic E-state index is 13.5. The van der Waals surface area contributed by atoms with Crippen molar-refractivity contribution in [3.05, 3.63) is 0 Å². The Labute approximate surface area is 181 Å². The summed E-state index contributed by atoms with van der Waals surface area (Å²) in [6, 6.07) is 0. The molecule has 10 heteroatoms. The zero-order valence-electron chi connectivity index (χ0n) is 17.7. The summed E-state index contributed by atoms with van der Waals surface area (Å²) in [5.41, 5.74) is -2.40. The van der Waals surface area contributed by atoms with Crippen LogP contribution in [0, 0.1) is 22.7 Å². The van der Waals surface area contributed by atoms with E-state index in [1.54, 1.807) is 0 Å². The molecule has 176 valence electrons. The van der Waals surface area contributed by atoms with Crippen LogP contribution in [0.4, 0.5) is 8.78 Å². The average Bonchev–Trinajstić information content (AvgIpc) is 3.13. The third-order valence-electron chi connectivity index (χ3n) is 8.13. The molecule has 2 atom stereocenters. The summed E-state index contributed by atoms with van der Waals surface area (Å²) in [6.07, 6.45) is 7.50. The molecular formula is C21H29F2O7S-. The molecule has 0 aromatic rings. The Bertz CT molecular complexity index is 849. The van der Waals surface area contributed by atoms with Crippen LogP contribution in [-0.2, 0) is 29.2 Å². The molecule has 2 unspecified atom stereocenters. The predicted octanol–water partition coefficient (Wildman–Crippen LogP) is 3.52. The van der Waals surface area contributed by atoms with Crippen LogP contribution in [0.25, 0.3) is 0 Å². The zero-order chi connectivity index (χ0) is 22.7. The molecule has 0 amide bonds. The molecule has 0 saturated heterocycles. The summed E-state index contributed by atoms with van der Waals surface area (Å²) >= 11 is 0. The van der Waals surface area contributed by atoms with Crippen LogP contribution in [0.5, 0.6) is 0 Å². The number of halogens is 2. The Morgan fingerprint density at radius 3 is 2.03 bits per heavy atom. The van der Waals surface area contributed by atoms with E-state index >= 15 is 0 Å². The summed E-state index contributed by atoms with van der Waals surface area (Å²) in [4.78, 5) is 26.3. The zero-order valence-corrected chi connectivity index (χ0v) is 18.5. The largest absolute Gasteiger partial charge is 0.743 e. The minimum Gasteiger partial charge on any atom is -0.743 e. The highest BCUT2D eigenvalue weighted by atomic mass is 32.2. The van der Waals surface area contributed by atoms with E-state index in [1.807, 2.05) is 6.92 Å². The Kier molecular flexibility index (Phi) is 5.44. The highest BCUT2D eigenvalue weighted by Gasteiger charge is 2.65. The van der Waals surface area contributed by atoms with Gasteiger partial charge in [0.15, 0.2) is 16.7 Å². The van der Waals surface area contributed by atoms with Crippen molar-refractivity contribution < 1.29 is 40.8 Å². The van der Waals surface area contributed by atoms with Gasteiger partial charge in [0, 0.05) is 0 Å². The van der Waals surface area contributed by atoms with E-state index in [0.29, 0.717) is 25.7 Å². The quantitative estimate of drug-likeness (QED) is 0.420. The number of hydrogen-bond acceptors (Lipinski definition) is 7. The van der Waals surface area contributed by atoms with E-state index in [-0.39, 0.29) is 24.2 Å². The van der Waals surface area contributed by atoms with Crippen LogP contribution in [0.1, 0.15) is 77.6 Å². The molecule has 0 radical (unpaired) electrons. The van der Waals surface area contributed by atoms with Crippen LogP contribution in [0.3, 0.4) is 0 Å². The monoisotopic (exact) mass is 463 g/mol. The molecular weight excluding hydrogens is 434 g/mol. The number of carbonyl (C=O) groups excluding carboxylic acids is 2. The van der Waals surface area contributed by atoms with Crippen molar-refractivity contribution in [2.45, 2.75) is 88.4 Å². The van der Waals surface area contributed by atoms with Crippen LogP contribution in [0.15, 0.2) is 0 Å². The van der Waals surface area contributed by atoms with Crippen molar-refractivity contribution in [1.29, 1.82) is 0 Å². The molecule has 5 aliphatic carbocycles. The van der Waals surface area contributed by atoms with Gasteiger partial charge in [-0.05, 0) is 82.5 Å². The van der Waals surface area contributed by atoms with Gasteiger partial charge in [-0.2, -0.15) is 8.78 Å². The summed E-state index contributed by atoms with van der Waals surface area (Å²) in [5.74, 6) is -1.05. The lowest BCUT2D eigenvalue weighted by atomic mass is 9.44. The molecule has 0 N–H and O–H groups in total. The molecule has 31 heavy (non-hydrogen) atoms. The molecule has 4 bridgehead atoms. The second-order valence-corrected chi connectivity index (χ2v) is 11.8. The normalized spacial score (nSPS) is 36.4. The highest BCUT2D eigenvalue weighted by molar-refractivity contribution is 7.86.